The minimum absolute atomic E-state index is 0. The van der Waals surface area contributed by atoms with Crippen LogP contribution in [-0.4, -0.2) is 17.8 Å². The second kappa shape index (κ2) is 13.4. The molecule has 33 heavy (non-hydrogen) atoms. The second-order valence-corrected chi connectivity index (χ2v) is 7.77. The van der Waals surface area contributed by atoms with Gasteiger partial charge >= 0.3 is 59.1 Å². The van der Waals surface area contributed by atoms with Crippen LogP contribution in [0.1, 0.15) is 20.3 Å². The van der Waals surface area contributed by atoms with Gasteiger partial charge in [-0.3, -0.25) is 4.79 Å². The van der Waals surface area contributed by atoms with E-state index in [0.29, 0.717) is 24.3 Å². The molecule has 0 saturated carbocycles. The van der Waals surface area contributed by atoms with Crippen molar-refractivity contribution < 1.29 is 91.9 Å². The molecule has 1 heterocycles. The largest absolute Gasteiger partial charge is 1.00 e. The Hall–Kier alpha value is -0.710. The molecule has 0 unspecified atom stereocenters. The number of pyridine rings is 1. The number of hydrogen-bond donors (Lipinski definition) is 0. The van der Waals surface area contributed by atoms with E-state index in [2.05, 4.69) is 4.52 Å². The Morgan fingerprint density at radius 3 is 2.27 bits per heavy atom. The molecule has 0 fully saturated rings. The van der Waals surface area contributed by atoms with Crippen LogP contribution in [0, 0.1) is 5.82 Å². The van der Waals surface area contributed by atoms with Crippen molar-refractivity contribution in [2.75, 3.05) is 13.2 Å². The number of halogens is 1. The van der Waals surface area contributed by atoms with Crippen molar-refractivity contribution in [1.82, 2.24) is 4.57 Å². The van der Waals surface area contributed by atoms with Crippen LogP contribution in [0.5, 0.6) is 11.5 Å². The number of rotatable bonds is 9. The third-order valence-corrected chi connectivity index (χ3v) is 4.86. The minimum Gasteiger partial charge on any atom is -0.790 e. The molecule has 0 saturated heterocycles. The van der Waals surface area contributed by atoms with E-state index in [1.165, 1.54) is 16.8 Å². The van der Waals surface area contributed by atoms with Crippen molar-refractivity contribution in [1.29, 1.82) is 0 Å². The molecule has 0 radical (unpaired) electrons. The fraction of sp³-hybridized carbons (Fsp3) is 0.286. The summed E-state index contributed by atoms with van der Waals surface area (Å²) in [6, 6.07) is 9.01. The Balaban J connectivity index is 0.00000272. The van der Waals surface area contributed by atoms with Crippen LogP contribution in [0.3, 0.4) is 0 Å². The Bertz CT molecular complexity index is 1180. The first kappa shape index (κ1) is 30.3. The molecule has 3 aromatic rings. The zero-order valence-electron chi connectivity index (χ0n) is 19.0. The number of fused-ring (bicyclic) bond motifs is 1. The van der Waals surface area contributed by atoms with Crippen LogP contribution in [0.4, 0.5) is 4.39 Å². The molecule has 0 N–H and O–H groups in total. The summed E-state index contributed by atoms with van der Waals surface area (Å²) < 4.78 is 42.4. The summed E-state index contributed by atoms with van der Waals surface area (Å²) >= 11 is 0. The van der Waals surface area contributed by atoms with Gasteiger partial charge in [0.25, 0.3) is 0 Å². The maximum Gasteiger partial charge on any atom is 1.00 e. The smallest absolute Gasteiger partial charge is 0.790 e. The SMILES string of the molecule is CCCOc1ccc(F)c2c(=O)c(-c3ccc(OCC)cc3)cn(COP(=O)([O-])[O-])c12.[Na+].[Na+]. The van der Waals surface area contributed by atoms with Gasteiger partial charge in [0.1, 0.15) is 24.0 Å². The number of nitrogens with zero attached hydrogens (tertiary/aromatic N) is 1. The molecule has 0 aliphatic heterocycles. The number of hydrogen-bond acceptors (Lipinski definition) is 7. The molecule has 0 bridgehead atoms. The van der Waals surface area contributed by atoms with E-state index in [-0.39, 0.29) is 87.9 Å². The quantitative estimate of drug-likeness (QED) is 0.227. The summed E-state index contributed by atoms with van der Waals surface area (Å²) in [5, 5.41) is -0.296. The first-order chi connectivity index (χ1) is 14.7. The van der Waals surface area contributed by atoms with Crippen LogP contribution >= 0.6 is 7.82 Å². The van der Waals surface area contributed by atoms with Gasteiger partial charge in [0.15, 0.2) is 5.43 Å². The number of ether oxygens (including phenoxy) is 2. The van der Waals surface area contributed by atoms with E-state index in [1.54, 1.807) is 24.3 Å². The van der Waals surface area contributed by atoms with Crippen molar-refractivity contribution in [3.8, 4) is 22.6 Å². The molecule has 8 nitrogen and oxygen atoms in total. The summed E-state index contributed by atoms with van der Waals surface area (Å²) in [7, 11) is -5.32. The summed E-state index contributed by atoms with van der Waals surface area (Å²) in [6.07, 6.45) is 1.97. The number of phosphoric ester groups is 1. The van der Waals surface area contributed by atoms with Crippen LogP contribution < -0.4 is 83.8 Å². The van der Waals surface area contributed by atoms with Crippen LogP contribution in [-0.2, 0) is 15.8 Å². The van der Waals surface area contributed by atoms with Gasteiger partial charge in [-0.25, -0.2) is 4.39 Å². The van der Waals surface area contributed by atoms with Crippen molar-refractivity contribution in [3.05, 3.63) is 58.6 Å². The number of benzene rings is 2. The van der Waals surface area contributed by atoms with Gasteiger partial charge in [-0.2, -0.15) is 0 Å². The second-order valence-electron chi connectivity index (χ2n) is 6.62. The maximum absolute atomic E-state index is 14.8. The number of phosphoric acid groups is 1. The molecule has 0 aliphatic carbocycles. The zero-order valence-corrected chi connectivity index (χ0v) is 23.9. The molecular weight excluding hydrogens is 474 g/mol. The number of aromatic nitrogens is 1. The Labute approximate surface area is 234 Å². The summed E-state index contributed by atoms with van der Waals surface area (Å²) in [5.41, 5.74) is -0.0583. The predicted octanol–water partition coefficient (Wildman–Crippen LogP) is -3.19. The molecule has 0 amide bonds. The Morgan fingerprint density at radius 2 is 1.70 bits per heavy atom. The van der Waals surface area contributed by atoms with Crippen LogP contribution in [0.2, 0.25) is 0 Å². The third-order valence-electron chi connectivity index (χ3n) is 4.43. The van der Waals surface area contributed by atoms with Gasteiger partial charge in [-0.1, -0.05) is 19.1 Å². The predicted molar refractivity (Wildman–Crippen MR) is 109 cm³/mol. The average Bonchev–Trinajstić information content (AvgIpc) is 2.73. The van der Waals surface area contributed by atoms with E-state index in [9.17, 15) is 23.5 Å². The first-order valence-corrected chi connectivity index (χ1v) is 11.1. The molecule has 1 aromatic heterocycles. The van der Waals surface area contributed by atoms with E-state index in [1.807, 2.05) is 13.8 Å². The van der Waals surface area contributed by atoms with Gasteiger partial charge in [0.2, 0.25) is 0 Å². The molecule has 3 rings (SSSR count). The van der Waals surface area contributed by atoms with Crippen LogP contribution in [0.15, 0.2) is 47.4 Å². The van der Waals surface area contributed by atoms with E-state index in [0.717, 1.165) is 6.07 Å². The molecular formula is C21H21FNNa2O7P. The summed E-state index contributed by atoms with van der Waals surface area (Å²) in [6.45, 7) is 3.73. The Kier molecular flexibility index (Phi) is 12.3. The van der Waals surface area contributed by atoms with E-state index < -0.39 is 25.8 Å². The van der Waals surface area contributed by atoms with Crippen molar-refractivity contribution in [3.63, 3.8) is 0 Å². The fourth-order valence-corrected chi connectivity index (χ4v) is 3.39. The third kappa shape index (κ3) is 7.64. The molecule has 2 aromatic carbocycles. The maximum atomic E-state index is 14.8. The van der Waals surface area contributed by atoms with Crippen molar-refractivity contribution in [2.45, 2.75) is 27.0 Å². The zero-order chi connectivity index (χ0) is 22.6. The van der Waals surface area contributed by atoms with Gasteiger partial charge < -0.3 is 32.9 Å². The van der Waals surface area contributed by atoms with Crippen molar-refractivity contribution in [2.24, 2.45) is 0 Å². The standard InChI is InChI=1S/C21H23FNO7P.2Na/c1-3-11-29-18-10-9-17(22)19-20(18)23(13-30-31(25,26)27)12-16(21(19)24)14-5-7-15(8-6-14)28-4-2;;/h5-10,12H,3-4,11,13H2,1-2H3,(H2,25,26,27);;/q;2*+1/p-2. The molecule has 0 atom stereocenters. The van der Waals surface area contributed by atoms with Crippen molar-refractivity contribution >= 4 is 18.7 Å². The normalized spacial score (nSPS) is 10.9. The fourth-order valence-electron chi connectivity index (χ4n) is 3.13. The topological polar surface area (TPSA) is 113 Å². The van der Waals surface area contributed by atoms with Gasteiger partial charge in [0.05, 0.1) is 31.9 Å². The molecule has 0 spiro atoms. The van der Waals surface area contributed by atoms with Gasteiger partial charge in [0, 0.05) is 11.8 Å². The average molecular weight is 495 g/mol. The van der Waals surface area contributed by atoms with E-state index in [4.69, 9.17) is 9.47 Å². The van der Waals surface area contributed by atoms with Crippen LogP contribution in [0.25, 0.3) is 22.0 Å². The van der Waals surface area contributed by atoms with Gasteiger partial charge in [-0.15, -0.1) is 0 Å². The van der Waals surface area contributed by atoms with Gasteiger partial charge in [-0.05, 0) is 43.2 Å². The molecule has 0 aliphatic rings. The Morgan fingerprint density at radius 1 is 1.03 bits per heavy atom. The minimum atomic E-state index is -5.32. The monoisotopic (exact) mass is 495 g/mol. The molecule has 12 heteroatoms. The summed E-state index contributed by atoms with van der Waals surface area (Å²) in [5.74, 6) is -0.0441. The molecule has 166 valence electrons. The summed E-state index contributed by atoms with van der Waals surface area (Å²) in [4.78, 5) is 35.3. The first-order valence-electron chi connectivity index (χ1n) is 9.63. The van der Waals surface area contributed by atoms with E-state index >= 15 is 0 Å².